The summed E-state index contributed by atoms with van der Waals surface area (Å²) >= 11 is 3.46. The third kappa shape index (κ3) is 7.07. The minimum absolute atomic E-state index is 0.0561. The number of para-hydroxylation sites is 1. The van der Waals surface area contributed by atoms with Gasteiger partial charge < -0.3 is 15.0 Å². The number of rotatable bonds is 10. The third-order valence-electron chi connectivity index (χ3n) is 6.29. The Morgan fingerprint density at radius 1 is 1.03 bits per heavy atom. The molecule has 0 spiro atoms. The lowest BCUT2D eigenvalue weighted by Gasteiger charge is -2.31. The molecule has 2 amide bonds. The van der Waals surface area contributed by atoms with Crippen molar-refractivity contribution in [1.29, 1.82) is 0 Å². The highest BCUT2D eigenvalue weighted by atomic mass is 79.9. The molecule has 2 aromatic rings. The second-order valence-corrected chi connectivity index (χ2v) is 9.67. The summed E-state index contributed by atoms with van der Waals surface area (Å²) in [7, 11) is 1.87. The average Bonchev–Trinajstić information content (AvgIpc) is 2.84. The van der Waals surface area contributed by atoms with Crippen molar-refractivity contribution in [1.82, 2.24) is 4.90 Å². The van der Waals surface area contributed by atoms with Crippen molar-refractivity contribution in [2.75, 3.05) is 19.0 Å². The molecule has 33 heavy (non-hydrogen) atoms. The molecule has 0 aromatic heterocycles. The molecule has 0 heterocycles. The van der Waals surface area contributed by atoms with E-state index in [0.29, 0.717) is 29.2 Å². The molecule has 1 fully saturated rings. The summed E-state index contributed by atoms with van der Waals surface area (Å²) in [5.74, 6) is 0.204. The fourth-order valence-corrected chi connectivity index (χ4v) is 4.67. The zero-order valence-electron chi connectivity index (χ0n) is 19.7. The fraction of sp³-hybridized carbons (Fsp3) is 0.481. The highest BCUT2D eigenvalue weighted by molar-refractivity contribution is 9.10. The van der Waals surface area contributed by atoms with Crippen LogP contribution in [-0.2, 0) is 0 Å². The second-order valence-electron chi connectivity index (χ2n) is 8.76. The molecule has 1 N–H and O–H groups in total. The Labute approximate surface area is 206 Å². The molecule has 6 heteroatoms. The molecule has 0 radical (unpaired) electrons. The monoisotopic (exact) mass is 514 g/mol. The first-order valence-electron chi connectivity index (χ1n) is 12.1. The summed E-state index contributed by atoms with van der Waals surface area (Å²) in [4.78, 5) is 28.3. The van der Waals surface area contributed by atoms with Gasteiger partial charge in [0.05, 0.1) is 23.4 Å². The summed E-state index contributed by atoms with van der Waals surface area (Å²) in [6.07, 6.45) is 10.0. The lowest BCUT2D eigenvalue weighted by Crippen LogP contribution is -2.38. The number of nitrogens with one attached hydrogen (secondary N) is 1. The molecule has 1 saturated carbocycles. The topological polar surface area (TPSA) is 58.6 Å². The van der Waals surface area contributed by atoms with Crippen LogP contribution in [0.3, 0.4) is 0 Å². The quantitative estimate of drug-likeness (QED) is 0.345. The van der Waals surface area contributed by atoms with E-state index in [1.807, 2.05) is 36.2 Å². The number of nitrogens with zero attached hydrogens (tertiary/aromatic N) is 1. The number of amides is 2. The van der Waals surface area contributed by atoms with Gasteiger partial charge in [-0.1, -0.05) is 73.5 Å². The molecule has 1 aliphatic carbocycles. The lowest BCUT2D eigenvalue weighted by atomic mass is 9.94. The normalized spacial score (nSPS) is 14.0. The van der Waals surface area contributed by atoms with Gasteiger partial charge in [-0.05, 0) is 49.6 Å². The minimum atomic E-state index is -0.291. The number of carbonyl (C=O) groups excluding carboxylic acids is 2. The Kier molecular flexibility index (Phi) is 9.79. The van der Waals surface area contributed by atoms with Crippen LogP contribution in [0.5, 0.6) is 5.75 Å². The largest absolute Gasteiger partial charge is 0.493 e. The third-order valence-corrected chi connectivity index (χ3v) is 6.78. The number of halogens is 1. The maximum atomic E-state index is 13.3. The SMILES string of the molecule is CCCCCCOc1ccc(Br)cc1C(=O)Nc1ccccc1C(=O)N(C)C1CCCCC1. The van der Waals surface area contributed by atoms with Gasteiger partial charge in [-0.25, -0.2) is 0 Å². The van der Waals surface area contributed by atoms with Gasteiger partial charge in [0.15, 0.2) is 0 Å². The summed E-state index contributed by atoms with van der Waals surface area (Å²) < 4.78 is 6.73. The standard InChI is InChI=1S/C27H35BrN2O3/c1-3-4-5-11-18-33-25-17-16-20(28)19-23(25)26(31)29-24-15-10-9-14-22(24)27(32)30(2)21-12-7-6-8-13-21/h9-10,14-17,19,21H,3-8,11-13,18H2,1-2H3,(H,29,31). The van der Waals surface area contributed by atoms with Gasteiger partial charge >= 0.3 is 0 Å². The molecule has 5 nitrogen and oxygen atoms in total. The molecule has 0 unspecified atom stereocenters. The van der Waals surface area contributed by atoms with Gasteiger partial charge in [-0.15, -0.1) is 0 Å². The van der Waals surface area contributed by atoms with Crippen LogP contribution in [0.15, 0.2) is 46.9 Å². The highest BCUT2D eigenvalue weighted by Gasteiger charge is 2.25. The molecule has 1 aliphatic rings. The van der Waals surface area contributed by atoms with Gasteiger partial charge in [0.1, 0.15) is 5.75 Å². The van der Waals surface area contributed by atoms with E-state index in [-0.39, 0.29) is 17.9 Å². The molecule has 0 aliphatic heterocycles. The van der Waals surface area contributed by atoms with E-state index in [0.717, 1.165) is 43.0 Å². The fourth-order valence-electron chi connectivity index (χ4n) is 4.31. The van der Waals surface area contributed by atoms with Crippen LogP contribution in [0.25, 0.3) is 0 Å². The minimum Gasteiger partial charge on any atom is -0.493 e. The van der Waals surface area contributed by atoms with E-state index < -0.39 is 0 Å². The summed E-state index contributed by atoms with van der Waals surface area (Å²) in [6, 6.07) is 12.9. The van der Waals surface area contributed by atoms with Gasteiger partial charge in [-0.3, -0.25) is 9.59 Å². The number of hydrogen-bond donors (Lipinski definition) is 1. The van der Waals surface area contributed by atoms with E-state index in [2.05, 4.69) is 28.2 Å². The van der Waals surface area contributed by atoms with Crippen molar-refractivity contribution >= 4 is 33.4 Å². The second kappa shape index (κ2) is 12.8. The number of unbranched alkanes of at least 4 members (excludes halogenated alkanes) is 3. The van der Waals surface area contributed by atoms with Crippen LogP contribution in [0.4, 0.5) is 5.69 Å². The number of hydrogen-bond acceptors (Lipinski definition) is 3. The van der Waals surface area contributed by atoms with Crippen molar-refractivity contribution in [2.24, 2.45) is 0 Å². The van der Waals surface area contributed by atoms with E-state index in [1.54, 1.807) is 18.2 Å². The number of carbonyl (C=O) groups is 2. The molecular formula is C27H35BrN2O3. The van der Waals surface area contributed by atoms with Crippen LogP contribution in [0, 0.1) is 0 Å². The van der Waals surface area contributed by atoms with Crippen molar-refractivity contribution in [3.63, 3.8) is 0 Å². The molecule has 0 atom stereocenters. The van der Waals surface area contributed by atoms with Gasteiger partial charge in [0, 0.05) is 17.6 Å². The first-order chi connectivity index (χ1) is 16.0. The zero-order chi connectivity index (χ0) is 23.6. The van der Waals surface area contributed by atoms with Crippen molar-refractivity contribution in [2.45, 2.75) is 70.8 Å². The average molecular weight is 515 g/mol. The van der Waals surface area contributed by atoms with Crippen LogP contribution < -0.4 is 10.1 Å². The predicted octanol–water partition coefficient (Wildman–Crippen LogP) is 7.07. The van der Waals surface area contributed by atoms with Crippen molar-refractivity contribution < 1.29 is 14.3 Å². The first kappa shape index (κ1) is 25.3. The molecule has 3 rings (SSSR count). The molecular weight excluding hydrogens is 480 g/mol. The van der Waals surface area contributed by atoms with Crippen LogP contribution in [0.2, 0.25) is 0 Å². The van der Waals surface area contributed by atoms with Gasteiger partial charge in [-0.2, -0.15) is 0 Å². The van der Waals surface area contributed by atoms with E-state index in [1.165, 1.54) is 19.3 Å². The highest BCUT2D eigenvalue weighted by Crippen LogP contribution is 2.27. The number of ether oxygens (including phenoxy) is 1. The van der Waals surface area contributed by atoms with Crippen LogP contribution >= 0.6 is 15.9 Å². The Bertz CT molecular complexity index is 941. The number of anilines is 1. The maximum absolute atomic E-state index is 13.3. The van der Waals surface area contributed by atoms with E-state index >= 15 is 0 Å². The predicted molar refractivity (Wildman–Crippen MR) is 137 cm³/mol. The van der Waals surface area contributed by atoms with Crippen LogP contribution in [0.1, 0.15) is 85.4 Å². The first-order valence-corrected chi connectivity index (χ1v) is 12.9. The van der Waals surface area contributed by atoms with Gasteiger partial charge in [0.2, 0.25) is 0 Å². The molecule has 0 bridgehead atoms. The molecule has 178 valence electrons. The van der Waals surface area contributed by atoms with E-state index in [4.69, 9.17) is 4.74 Å². The lowest BCUT2D eigenvalue weighted by molar-refractivity contribution is 0.0697. The van der Waals surface area contributed by atoms with Crippen molar-refractivity contribution in [3.8, 4) is 5.75 Å². The smallest absolute Gasteiger partial charge is 0.259 e. The summed E-state index contributed by atoms with van der Waals surface area (Å²) in [5.41, 5.74) is 1.47. The Morgan fingerprint density at radius 2 is 1.79 bits per heavy atom. The van der Waals surface area contributed by atoms with Crippen molar-refractivity contribution in [3.05, 3.63) is 58.1 Å². The zero-order valence-corrected chi connectivity index (χ0v) is 21.3. The molecule has 2 aromatic carbocycles. The Balaban J connectivity index is 1.74. The number of benzene rings is 2. The van der Waals surface area contributed by atoms with Gasteiger partial charge in [0.25, 0.3) is 11.8 Å². The summed E-state index contributed by atoms with van der Waals surface area (Å²) in [5, 5.41) is 2.96. The Morgan fingerprint density at radius 3 is 2.55 bits per heavy atom. The summed E-state index contributed by atoms with van der Waals surface area (Å²) in [6.45, 7) is 2.75. The Hall–Kier alpha value is -2.34. The molecule has 0 saturated heterocycles. The van der Waals surface area contributed by atoms with E-state index in [9.17, 15) is 9.59 Å². The van der Waals surface area contributed by atoms with Crippen LogP contribution in [-0.4, -0.2) is 36.4 Å². The maximum Gasteiger partial charge on any atom is 0.259 e.